The first-order valence-electron chi connectivity index (χ1n) is 6.41. The van der Waals surface area contributed by atoms with Crippen LogP contribution in [-0.4, -0.2) is 14.2 Å². The second-order valence-electron chi connectivity index (χ2n) is 4.76. The van der Waals surface area contributed by atoms with Crippen molar-refractivity contribution in [1.82, 2.24) is 0 Å². The Morgan fingerprint density at radius 3 is 2.17 bits per heavy atom. The second-order valence-corrected chi connectivity index (χ2v) is 6.45. The molecule has 0 bridgehead atoms. The van der Waals surface area contributed by atoms with Crippen molar-refractivity contribution >= 4 is 21.5 Å². The second kappa shape index (κ2) is 6.04. The van der Waals surface area contributed by atoms with Gasteiger partial charge in [0, 0.05) is 11.3 Å². The zero-order chi connectivity index (χ0) is 17.3. The molecule has 2 rings (SSSR count). The summed E-state index contributed by atoms with van der Waals surface area (Å²) in [5.41, 5.74) is -0.467. The molecule has 2 aromatic carbocycles. The van der Waals surface area contributed by atoms with Gasteiger partial charge in [-0.1, -0.05) is 12.1 Å². The number of alkyl halides is 3. The zero-order valence-electron chi connectivity index (χ0n) is 11.9. The maximum atomic E-state index is 12.5. The number of Topliss-reactive ketones (excluding diaryl/α,β-unsaturated/α-hetero) is 1. The van der Waals surface area contributed by atoms with Crippen molar-refractivity contribution in [3.63, 3.8) is 0 Å². The summed E-state index contributed by atoms with van der Waals surface area (Å²) in [6, 6.07) is 8.96. The average molecular weight is 343 g/mol. The summed E-state index contributed by atoms with van der Waals surface area (Å²) in [4.78, 5) is 11.0. The van der Waals surface area contributed by atoms with Crippen LogP contribution in [0.2, 0.25) is 0 Å². The van der Waals surface area contributed by atoms with E-state index in [2.05, 4.69) is 4.72 Å². The van der Waals surface area contributed by atoms with Crippen LogP contribution in [0, 0.1) is 0 Å². The maximum Gasteiger partial charge on any atom is 0.416 e. The molecular weight excluding hydrogens is 331 g/mol. The van der Waals surface area contributed by atoms with Gasteiger partial charge in [0.1, 0.15) is 0 Å². The fraction of sp³-hybridized carbons (Fsp3) is 0.133. The predicted molar refractivity (Wildman–Crippen MR) is 78.7 cm³/mol. The van der Waals surface area contributed by atoms with Gasteiger partial charge in [0.25, 0.3) is 10.0 Å². The standard InChI is InChI=1S/C15H12F3NO3S/c1-10(20)11-3-2-4-13(9-11)19-23(21,22)14-7-5-12(6-8-14)15(16,17)18/h2-9,19H,1H3. The molecule has 0 unspecified atom stereocenters. The number of ketones is 1. The summed E-state index contributed by atoms with van der Waals surface area (Å²) < 4.78 is 64.0. The van der Waals surface area contributed by atoms with E-state index in [0.717, 1.165) is 12.1 Å². The smallest absolute Gasteiger partial charge is 0.295 e. The van der Waals surface area contributed by atoms with E-state index >= 15 is 0 Å². The van der Waals surface area contributed by atoms with Gasteiger partial charge < -0.3 is 0 Å². The third kappa shape index (κ3) is 4.10. The number of sulfonamides is 1. The number of anilines is 1. The lowest BCUT2D eigenvalue weighted by molar-refractivity contribution is -0.137. The summed E-state index contributed by atoms with van der Waals surface area (Å²) in [7, 11) is -4.05. The molecule has 0 saturated carbocycles. The van der Waals surface area contributed by atoms with Crippen LogP contribution in [0.3, 0.4) is 0 Å². The van der Waals surface area contributed by atoms with E-state index in [9.17, 15) is 26.4 Å². The molecule has 0 atom stereocenters. The summed E-state index contributed by atoms with van der Waals surface area (Å²) in [6.45, 7) is 1.34. The molecule has 0 fully saturated rings. The quantitative estimate of drug-likeness (QED) is 0.861. The van der Waals surface area contributed by atoms with Crippen molar-refractivity contribution in [2.24, 2.45) is 0 Å². The number of carbonyl (C=O) groups excluding carboxylic acids is 1. The fourth-order valence-corrected chi connectivity index (χ4v) is 2.89. The summed E-state index contributed by atoms with van der Waals surface area (Å²) in [6.07, 6.45) is -4.54. The van der Waals surface area contributed by atoms with Gasteiger partial charge in [-0.25, -0.2) is 8.42 Å². The highest BCUT2D eigenvalue weighted by Crippen LogP contribution is 2.30. The number of rotatable bonds is 4. The highest BCUT2D eigenvalue weighted by atomic mass is 32.2. The van der Waals surface area contributed by atoms with Gasteiger partial charge in [-0.2, -0.15) is 13.2 Å². The van der Waals surface area contributed by atoms with Crippen LogP contribution in [0.15, 0.2) is 53.4 Å². The molecule has 0 saturated heterocycles. The van der Waals surface area contributed by atoms with E-state index in [-0.39, 0.29) is 16.4 Å². The Labute approximate surface area is 131 Å². The molecule has 4 nitrogen and oxygen atoms in total. The Morgan fingerprint density at radius 2 is 1.65 bits per heavy atom. The van der Waals surface area contributed by atoms with Crippen molar-refractivity contribution in [2.45, 2.75) is 18.0 Å². The van der Waals surface area contributed by atoms with E-state index < -0.39 is 21.8 Å². The van der Waals surface area contributed by atoms with Gasteiger partial charge in [0.15, 0.2) is 5.78 Å². The first-order valence-corrected chi connectivity index (χ1v) is 7.89. The molecule has 2 aromatic rings. The topological polar surface area (TPSA) is 63.2 Å². The summed E-state index contributed by atoms with van der Waals surface area (Å²) in [5.74, 6) is -0.236. The predicted octanol–water partition coefficient (Wildman–Crippen LogP) is 3.71. The molecule has 1 N–H and O–H groups in total. The lowest BCUT2D eigenvalue weighted by Gasteiger charge is -2.10. The molecule has 0 aromatic heterocycles. The molecule has 0 aliphatic carbocycles. The molecule has 0 radical (unpaired) electrons. The first-order chi connectivity index (χ1) is 10.6. The van der Waals surface area contributed by atoms with Crippen LogP contribution in [0.25, 0.3) is 0 Å². The third-order valence-corrected chi connectivity index (χ3v) is 4.41. The number of carbonyl (C=O) groups is 1. The van der Waals surface area contributed by atoms with E-state index in [1.165, 1.54) is 31.2 Å². The molecule has 0 amide bonds. The van der Waals surface area contributed by atoms with Crippen molar-refractivity contribution in [3.05, 3.63) is 59.7 Å². The van der Waals surface area contributed by atoms with Gasteiger partial charge in [0.05, 0.1) is 10.5 Å². The van der Waals surface area contributed by atoms with Gasteiger partial charge in [-0.05, 0) is 43.3 Å². The SMILES string of the molecule is CC(=O)c1cccc(NS(=O)(=O)c2ccc(C(F)(F)F)cc2)c1. The van der Waals surface area contributed by atoms with E-state index in [4.69, 9.17) is 0 Å². The lowest BCUT2D eigenvalue weighted by Crippen LogP contribution is -2.14. The summed E-state index contributed by atoms with van der Waals surface area (Å²) in [5, 5.41) is 0. The Hall–Kier alpha value is -2.35. The Morgan fingerprint density at radius 1 is 1.04 bits per heavy atom. The number of hydrogen-bond acceptors (Lipinski definition) is 3. The molecular formula is C15H12F3NO3S. The molecule has 8 heteroatoms. The van der Waals surface area contributed by atoms with Crippen molar-refractivity contribution in [1.29, 1.82) is 0 Å². The minimum atomic E-state index is -4.54. The van der Waals surface area contributed by atoms with Crippen LogP contribution >= 0.6 is 0 Å². The number of benzene rings is 2. The first kappa shape index (κ1) is 17.0. The Bertz CT molecular complexity index is 828. The van der Waals surface area contributed by atoms with E-state index in [0.29, 0.717) is 17.7 Å². The molecule has 0 spiro atoms. The molecule has 0 heterocycles. The van der Waals surface area contributed by atoms with Crippen LogP contribution < -0.4 is 4.72 Å². The third-order valence-electron chi connectivity index (χ3n) is 3.01. The molecule has 0 aliphatic heterocycles. The normalized spacial score (nSPS) is 12.0. The fourth-order valence-electron chi connectivity index (χ4n) is 1.84. The maximum absolute atomic E-state index is 12.5. The summed E-state index contributed by atoms with van der Waals surface area (Å²) >= 11 is 0. The van der Waals surface area contributed by atoms with Gasteiger partial charge in [-0.15, -0.1) is 0 Å². The van der Waals surface area contributed by atoms with Gasteiger partial charge >= 0.3 is 6.18 Å². The number of nitrogens with one attached hydrogen (secondary N) is 1. The van der Waals surface area contributed by atoms with Crippen LogP contribution in [0.5, 0.6) is 0 Å². The van der Waals surface area contributed by atoms with Gasteiger partial charge in [-0.3, -0.25) is 9.52 Å². The minimum absolute atomic E-state index is 0.151. The molecule has 122 valence electrons. The molecule has 23 heavy (non-hydrogen) atoms. The van der Waals surface area contributed by atoms with Crippen LogP contribution in [0.1, 0.15) is 22.8 Å². The van der Waals surface area contributed by atoms with Crippen molar-refractivity contribution in [2.75, 3.05) is 4.72 Å². The van der Waals surface area contributed by atoms with E-state index in [1.54, 1.807) is 0 Å². The lowest BCUT2D eigenvalue weighted by atomic mass is 10.1. The van der Waals surface area contributed by atoms with E-state index in [1.807, 2.05) is 0 Å². The Balaban J connectivity index is 2.29. The largest absolute Gasteiger partial charge is 0.416 e. The highest BCUT2D eigenvalue weighted by Gasteiger charge is 2.30. The Kier molecular flexibility index (Phi) is 4.46. The monoisotopic (exact) mass is 343 g/mol. The minimum Gasteiger partial charge on any atom is -0.295 e. The number of halogens is 3. The van der Waals surface area contributed by atoms with Gasteiger partial charge in [0.2, 0.25) is 0 Å². The van der Waals surface area contributed by atoms with Crippen LogP contribution in [0.4, 0.5) is 18.9 Å². The number of hydrogen-bond donors (Lipinski definition) is 1. The zero-order valence-corrected chi connectivity index (χ0v) is 12.7. The van der Waals surface area contributed by atoms with Crippen molar-refractivity contribution < 1.29 is 26.4 Å². The highest BCUT2D eigenvalue weighted by molar-refractivity contribution is 7.92. The van der Waals surface area contributed by atoms with Crippen molar-refractivity contribution in [3.8, 4) is 0 Å². The van der Waals surface area contributed by atoms with Crippen LogP contribution in [-0.2, 0) is 16.2 Å². The molecule has 0 aliphatic rings. The average Bonchev–Trinajstić information content (AvgIpc) is 2.46.